The van der Waals surface area contributed by atoms with Crippen molar-refractivity contribution in [3.05, 3.63) is 108 Å². The zero-order valence-corrected chi connectivity index (χ0v) is 28.0. The quantitative estimate of drug-likeness (QED) is 0.233. The van der Waals surface area contributed by atoms with Gasteiger partial charge in [-0.3, -0.25) is 0 Å². The van der Waals surface area contributed by atoms with Crippen LogP contribution in [0, 0.1) is 0 Å². The third-order valence-electron chi connectivity index (χ3n) is 8.91. The molecule has 0 unspecified atom stereocenters. The van der Waals surface area contributed by atoms with Crippen molar-refractivity contribution in [2.75, 3.05) is 13.2 Å². The molecule has 4 saturated heterocycles. The van der Waals surface area contributed by atoms with E-state index in [-0.39, 0.29) is 12.7 Å². The third-order valence-corrected chi connectivity index (χ3v) is 8.91. The summed E-state index contributed by atoms with van der Waals surface area (Å²) in [5.41, 5.74) is 3.16. The molecule has 0 aliphatic carbocycles. The van der Waals surface area contributed by atoms with Crippen LogP contribution in [0.1, 0.15) is 44.4 Å². The van der Waals surface area contributed by atoms with Crippen LogP contribution in [0.25, 0.3) is 0 Å². The molecule has 3 aromatic carbocycles. The van der Waals surface area contributed by atoms with Crippen LogP contribution in [-0.2, 0) is 67.2 Å². The third kappa shape index (κ3) is 8.00. The fourth-order valence-electron chi connectivity index (χ4n) is 6.76. The second-order valence-electron chi connectivity index (χ2n) is 13.6. The van der Waals surface area contributed by atoms with Crippen LogP contribution in [0.2, 0.25) is 0 Å². The second-order valence-corrected chi connectivity index (χ2v) is 13.6. The lowest BCUT2D eigenvalue weighted by molar-refractivity contribution is -0.262. The standard InChI is InChI=1S/C38H46O10/c1-37(2)45-31-29(44-36-34(32(31)46-37)47-38(3,4)48-36)24-42-35-33(41-22-27-18-12-7-13-19-27)30(40-21-26-16-10-6-11-17-26)28(43-35)23-39-20-25-14-8-5-9-15-25/h5-19,28-36H,20-24H2,1-4H3/t28-,29-,30-,31-,32-,33-,34+,35-,36+/m1/s1. The Kier molecular flexibility index (Phi) is 10.3. The lowest BCUT2D eigenvalue weighted by Gasteiger charge is -2.37. The molecule has 0 radical (unpaired) electrons. The molecule has 0 aromatic heterocycles. The molecule has 10 nitrogen and oxygen atoms in total. The highest BCUT2D eigenvalue weighted by Gasteiger charge is 2.61. The summed E-state index contributed by atoms with van der Waals surface area (Å²) in [6.07, 6.45) is -4.63. The van der Waals surface area contributed by atoms with E-state index in [0.717, 1.165) is 16.7 Å². The number of rotatable bonds is 13. The Bertz CT molecular complexity index is 1440. The number of hydrogen-bond acceptors (Lipinski definition) is 10. The maximum Gasteiger partial charge on any atom is 0.190 e. The second kappa shape index (κ2) is 14.6. The van der Waals surface area contributed by atoms with Gasteiger partial charge in [-0.2, -0.15) is 0 Å². The van der Waals surface area contributed by atoms with E-state index in [4.69, 9.17) is 47.4 Å². The van der Waals surface area contributed by atoms with Gasteiger partial charge in [0.05, 0.1) is 33.0 Å². The minimum Gasteiger partial charge on any atom is -0.374 e. The molecule has 9 atom stereocenters. The van der Waals surface area contributed by atoms with E-state index in [1.165, 1.54) is 0 Å². The van der Waals surface area contributed by atoms with Crippen molar-refractivity contribution in [2.45, 2.75) is 114 Å². The van der Waals surface area contributed by atoms with Crippen molar-refractivity contribution in [3.63, 3.8) is 0 Å². The molecular formula is C38H46O10. The summed E-state index contributed by atoms with van der Waals surface area (Å²) in [6, 6.07) is 30.1. The molecule has 3 aromatic rings. The molecule has 4 aliphatic heterocycles. The fraction of sp³-hybridized carbons (Fsp3) is 0.526. The number of hydrogen-bond donors (Lipinski definition) is 0. The molecule has 7 rings (SSSR count). The summed E-state index contributed by atoms with van der Waals surface area (Å²) in [7, 11) is 0. The molecule has 0 amide bonds. The molecule has 4 aliphatic rings. The van der Waals surface area contributed by atoms with Gasteiger partial charge in [0.15, 0.2) is 24.2 Å². The van der Waals surface area contributed by atoms with Crippen LogP contribution >= 0.6 is 0 Å². The maximum absolute atomic E-state index is 6.58. The highest BCUT2D eigenvalue weighted by Crippen LogP contribution is 2.44. The van der Waals surface area contributed by atoms with Gasteiger partial charge < -0.3 is 47.4 Å². The van der Waals surface area contributed by atoms with Gasteiger partial charge in [-0.25, -0.2) is 0 Å². The van der Waals surface area contributed by atoms with E-state index in [2.05, 4.69) is 0 Å². The van der Waals surface area contributed by atoms with Gasteiger partial charge in [0.1, 0.15) is 42.7 Å². The van der Waals surface area contributed by atoms with Gasteiger partial charge in [0.2, 0.25) is 0 Å². The monoisotopic (exact) mass is 662 g/mol. The Labute approximate surface area is 282 Å². The zero-order chi connectivity index (χ0) is 33.1. The predicted octanol–water partition coefficient (Wildman–Crippen LogP) is 5.51. The van der Waals surface area contributed by atoms with E-state index >= 15 is 0 Å². The molecule has 4 fully saturated rings. The minimum atomic E-state index is -0.815. The molecule has 4 heterocycles. The molecule has 0 saturated carbocycles. The Morgan fingerprint density at radius 2 is 1.02 bits per heavy atom. The van der Waals surface area contributed by atoms with Crippen molar-refractivity contribution >= 4 is 0 Å². The summed E-state index contributed by atoms with van der Waals surface area (Å²) >= 11 is 0. The van der Waals surface area contributed by atoms with Crippen LogP contribution in [0.4, 0.5) is 0 Å². The van der Waals surface area contributed by atoms with Crippen molar-refractivity contribution in [1.82, 2.24) is 0 Å². The maximum atomic E-state index is 6.58. The largest absolute Gasteiger partial charge is 0.374 e. The van der Waals surface area contributed by atoms with Gasteiger partial charge in [0.25, 0.3) is 0 Å². The highest BCUT2D eigenvalue weighted by atomic mass is 16.9. The minimum absolute atomic E-state index is 0.145. The first-order valence-corrected chi connectivity index (χ1v) is 16.8. The number of fused-ring (bicyclic) bond motifs is 3. The molecule has 10 heteroatoms. The molecule has 258 valence electrons. The van der Waals surface area contributed by atoms with Gasteiger partial charge >= 0.3 is 0 Å². The molecule has 0 spiro atoms. The average molecular weight is 663 g/mol. The summed E-state index contributed by atoms with van der Waals surface area (Å²) in [5.74, 6) is -1.63. The SMILES string of the molecule is CC1(C)O[C@@H]2O[C@H](CO[C@@H]3O[C@H](COCc4ccccc4)[C@@H](OCc4ccccc4)[C@H]3OCc3ccccc3)[C@H]3OC(C)(C)O[C@H]3[C@@H]2O1. The molecule has 48 heavy (non-hydrogen) atoms. The first-order chi connectivity index (χ1) is 23.2. The Hall–Kier alpha value is -2.74. The van der Waals surface area contributed by atoms with Gasteiger partial charge in [-0.1, -0.05) is 91.0 Å². The predicted molar refractivity (Wildman–Crippen MR) is 173 cm³/mol. The van der Waals surface area contributed by atoms with Crippen LogP contribution in [0.3, 0.4) is 0 Å². The summed E-state index contributed by atoms with van der Waals surface area (Å²) in [5, 5.41) is 0. The van der Waals surface area contributed by atoms with Crippen molar-refractivity contribution in [3.8, 4) is 0 Å². The van der Waals surface area contributed by atoms with Crippen LogP contribution in [0.15, 0.2) is 91.0 Å². The smallest absolute Gasteiger partial charge is 0.190 e. The lowest BCUT2D eigenvalue weighted by atomic mass is 9.99. The summed E-state index contributed by atoms with van der Waals surface area (Å²) in [4.78, 5) is 0. The van der Waals surface area contributed by atoms with Gasteiger partial charge in [0, 0.05) is 0 Å². The first-order valence-electron chi connectivity index (χ1n) is 16.8. The number of ether oxygens (including phenoxy) is 10. The summed E-state index contributed by atoms with van der Waals surface area (Å²) < 4.78 is 63.8. The first kappa shape index (κ1) is 33.7. The normalized spacial score (nSPS) is 33.4. The Balaban J connectivity index is 1.09. The topological polar surface area (TPSA) is 92.3 Å². The van der Waals surface area contributed by atoms with E-state index in [1.807, 2.05) is 119 Å². The van der Waals surface area contributed by atoms with Crippen LogP contribution < -0.4 is 0 Å². The average Bonchev–Trinajstić information content (AvgIpc) is 3.71. The Morgan fingerprint density at radius 3 is 1.65 bits per heavy atom. The molecule has 0 N–H and O–H groups in total. The number of benzene rings is 3. The van der Waals surface area contributed by atoms with Crippen molar-refractivity contribution < 1.29 is 47.4 Å². The Morgan fingerprint density at radius 1 is 0.500 bits per heavy atom. The molecule has 0 bridgehead atoms. The van der Waals surface area contributed by atoms with Crippen molar-refractivity contribution in [2.24, 2.45) is 0 Å². The van der Waals surface area contributed by atoms with E-state index in [9.17, 15) is 0 Å². The van der Waals surface area contributed by atoms with Gasteiger partial charge in [-0.15, -0.1) is 0 Å². The zero-order valence-electron chi connectivity index (χ0n) is 28.0. The van der Waals surface area contributed by atoms with Crippen LogP contribution in [0.5, 0.6) is 0 Å². The fourth-order valence-corrected chi connectivity index (χ4v) is 6.76. The molecular weight excluding hydrogens is 616 g/mol. The van der Waals surface area contributed by atoms with Crippen molar-refractivity contribution in [1.29, 1.82) is 0 Å². The summed E-state index contributed by atoms with van der Waals surface area (Å²) in [6.45, 7) is 9.14. The highest BCUT2D eigenvalue weighted by molar-refractivity contribution is 5.15. The van der Waals surface area contributed by atoms with E-state index < -0.39 is 60.8 Å². The lowest BCUT2D eigenvalue weighted by Crippen LogP contribution is -2.56. The van der Waals surface area contributed by atoms with E-state index in [1.54, 1.807) is 0 Å². The van der Waals surface area contributed by atoms with Crippen LogP contribution in [-0.4, -0.2) is 80.1 Å². The van der Waals surface area contributed by atoms with Gasteiger partial charge in [-0.05, 0) is 44.4 Å². The van der Waals surface area contributed by atoms with E-state index in [0.29, 0.717) is 26.4 Å².